The number of nitrogens with zero attached hydrogens (tertiary/aromatic N) is 1. The number of aliphatic hydroxyl groups is 1. The van der Waals surface area contributed by atoms with Gasteiger partial charge in [-0.3, -0.25) is 4.90 Å². The van der Waals surface area contributed by atoms with Gasteiger partial charge in [0.2, 0.25) is 0 Å². The van der Waals surface area contributed by atoms with E-state index in [9.17, 15) is 10.2 Å². The molecule has 0 aliphatic carbocycles. The molecule has 1 aliphatic rings. The van der Waals surface area contributed by atoms with Crippen LogP contribution in [-0.2, 0) is 6.54 Å². The minimum Gasteiger partial charge on any atom is -0.507 e. The third kappa shape index (κ3) is 2.43. The van der Waals surface area contributed by atoms with Crippen molar-refractivity contribution in [3.63, 3.8) is 0 Å². The van der Waals surface area contributed by atoms with Crippen LogP contribution < -0.4 is 0 Å². The number of aliphatic hydroxyl groups excluding tert-OH is 1. The zero-order chi connectivity index (χ0) is 11.5. The van der Waals surface area contributed by atoms with E-state index in [-0.39, 0.29) is 11.9 Å². The van der Waals surface area contributed by atoms with Gasteiger partial charge in [0.1, 0.15) is 5.75 Å². The minimum absolute atomic E-state index is 0.193. The second kappa shape index (κ2) is 4.68. The van der Waals surface area contributed by atoms with Crippen LogP contribution in [0.5, 0.6) is 5.75 Å². The predicted octanol–water partition coefficient (Wildman–Crippen LogP) is 1.60. The summed E-state index contributed by atoms with van der Waals surface area (Å²) >= 11 is 0. The molecule has 86 valence electrons. The van der Waals surface area contributed by atoms with E-state index >= 15 is 0 Å². The maximum atomic E-state index is 9.68. The van der Waals surface area contributed by atoms with Crippen molar-refractivity contribution in [2.45, 2.75) is 19.1 Å². The van der Waals surface area contributed by atoms with Gasteiger partial charge < -0.3 is 10.2 Å². The van der Waals surface area contributed by atoms with Gasteiger partial charge in [0.15, 0.2) is 0 Å². The molecule has 0 radical (unpaired) electrons. The number of likely N-dealkylation sites (tertiary alicyclic amines) is 1. The van der Waals surface area contributed by atoms with Gasteiger partial charge in [-0.1, -0.05) is 24.8 Å². The summed E-state index contributed by atoms with van der Waals surface area (Å²) < 4.78 is 0. The van der Waals surface area contributed by atoms with Crippen LogP contribution in [0.15, 0.2) is 24.8 Å². The molecule has 0 saturated carbocycles. The van der Waals surface area contributed by atoms with E-state index in [4.69, 9.17) is 0 Å². The summed E-state index contributed by atoms with van der Waals surface area (Å²) in [5, 5.41) is 19.1. The molecular formula is C13H17NO2. The Morgan fingerprint density at radius 1 is 1.50 bits per heavy atom. The van der Waals surface area contributed by atoms with Crippen molar-refractivity contribution in [2.75, 3.05) is 13.1 Å². The fourth-order valence-corrected chi connectivity index (χ4v) is 2.07. The fraction of sp³-hybridized carbons (Fsp3) is 0.385. The Morgan fingerprint density at radius 2 is 2.31 bits per heavy atom. The van der Waals surface area contributed by atoms with Crippen molar-refractivity contribution >= 4 is 6.08 Å². The van der Waals surface area contributed by atoms with E-state index < -0.39 is 0 Å². The number of rotatable bonds is 3. The normalized spacial score (nSPS) is 21.2. The van der Waals surface area contributed by atoms with Crippen LogP contribution in [0.3, 0.4) is 0 Å². The number of aromatic hydroxyl groups is 1. The van der Waals surface area contributed by atoms with Crippen LogP contribution in [0.4, 0.5) is 0 Å². The molecule has 0 aromatic heterocycles. The van der Waals surface area contributed by atoms with E-state index in [1.807, 2.05) is 12.1 Å². The van der Waals surface area contributed by atoms with Crippen LogP contribution in [0.1, 0.15) is 17.5 Å². The Balaban J connectivity index is 2.05. The third-order valence-electron chi connectivity index (χ3n) is 2.97. The molecule has 0 bridgehead atoms. The van der Waals surface area contributed by atoms with E-state index in [1.54, 1.807) is 12.1 Å². The SMILES string of the molecule is C=Cc1ccc(CN2CCC(O)C2)cc1O. The predicted molar refractivity (Wildman–Crippen MR) is 64.1 cm³/mol. The second-order valence-corrected chi connectivity index (χ2v) is 4.27. The van der Waals surface area contributed by atoms with E-state index in [2.05, 4.69) is 11.5 Å². The fourth-order valence-electron chi connectivity index (χ4n) is 2.07. The highest BCUT2D eigenvalue weighted by Gasteiger charge is 2.19. The quantitative estimate of drug-likeness (QED) is 0.811. The van der Waals surface area contributed by atoms with Gasteiger partial charge in [-0.15, -0.1) is 0 Å². The monoisotopic (exact) mass is 219 g/mol. The molecule has 1 aliphatic heterocycles. The molecule has 1 atom stereocenters. The van der Waals surface area contributed by atoms with Gasteiger partial charge in [-0.25, -0.2) is 0 Å². The van der Waals surface area contributed by atoms with Crippen LogP contribution in [0, 0.1) is 0 Å². The Morgan fingerprint density at radius 3 is 2.88 bits per heavy atom. The Bertz CT molecular complexity index is 390. The van der Waals surface area contributed by atoms with E-state index in [0.29, 0.717) is 0 Å². The standard InChI is InChI=1S/C13H17NO2/c1-2-11-4-3-10(7-13(11)16)8-14-6-5-12(15)9-14/h2-4,7,12,15-16H,1,5-6,8-9H2. The van der Waals surface area contributed by atoms with Crippen molar-refractivity contribution in [1.82, 2.24) is 4.90 Å². The number of hydrogen-bond acceptors (Lipinski definition) is 3. The van der Waals surface area contributed by atoms with Gasteiger partial charge in [0.25, 0.3) is 0 Å². The Hall–Kier alpha value is -1.32. The lowest BCUT2D eigenvalue weighted by molar-refractivity contribution is 0.175. The molecule has 0 spiro atoms. The molecule has 1 heterocycles. The zero-order valence-corrected chi connectivity index (χ0v) is 9.26. The molecule has 1 saturated heterocycles. The molecule has 2 rings (SSSR count). The van der Waals surface area contributed by atoms with Crippen molar-refractivity contribution in [3.8, 4) is 5.75 Å². The van der Waals surface area contributed by atoms with Gasteiger partial charge in [-0.05, 0) is 18.1 Å². The van der Waals surface area contributed by atoms with Gasteiger partial charge in [-0.2, -0.15) is 0 Å². The largest absolute Gasteiger partial charge is 0.507 e. The Labute approximate surface area is 95.6 Å². The summed E-state index contributed by atoms with van der Waals surface area (Å²) in [7, 11) is 0. The molecule has 2 N–H and O–H groups in total. The molecule has 1 aromatic carbocycles. The molecule has 3 heteroatoms. The first-order valence-electron chi connectivity index (χ1n) is 5.54. The average Bonchev–Trinajstić information content (AvgIpc) is 2.64. The number of phenolic OH excluding ortho intramolecular Hbond substituents is 1. The average molecular weight is 219 g/mol. The van der Waals surface area contributed by atoms with Gasteiger partial charge in [0.05, 0.1) is 6.10 Å². The maximum absolute atomic E-state index is 9.68. The lowest BCUT2D eigenvalue weighted by Crippen LogP contribution is -2.21. The first kappa shape index (κ1) is 11.2. The molecule has 0 amide bonds. The highest BCUT2D eigenvalue weighted by molar-refractivity contribution is 5.55. The van der Waals surface area contributed by atoms with Crippen LogP contribution in [0.25, 0.3) is 6.08 Å². The Kier molecular flexibility index (Phi) is 3.27. The van der Waals surface area contributed by atoms with Crippen molar-refractivity contribution < 1.29 is 10.2 Å². The molecule has 1 unspecified atom stereocenters. The first-order chi connectivity index (χ1) is 7.69. The van der Waals surface area contributed by atoms with Crippen LogP contribution in [-0.4, -0.2) is 34.3 Å². The second-order valence-electron chi connectivity index (χ2n) is 4.27. The van der Waals surface area contributed by atoms with Crippen molar-refractivity contribution in [3.05, 3.63) is 35.9 Å². The number of benzene rings is 1. The lowest BCUT2D eigenvalue weighted by atomic mass is 10.1. The summed E-state index contributed by atoms with van der Waals surface area (Å²) in [5.74, 6) is 0.271. The summed E-state index contributed by atoms with van der Waals surface area (Å²) in [5.41, 5.74) is 1.82. The number of β-amino-alcohol motifs (C(OH)–C–C–N with tert-alkyl or cyclic N) is 1. The molecule has 3 nitrogen and oxygen atoms in total. The number of hydrogen-bond donors (Lipinski definition) is 2. The molecule has 1 aromatic rings. The van der Waals surface area contributed by atoms with Crippen molar-refractivity contribution in [2.24, 2.45) is 0 Å². The van der Waals surface area contributed by atoms with Gasteiger partial charge in [0, 0.05) is 25.2 Å². The van der Waals surface area contributed by atoms with E-state index in [1.165, 1.54) is 0 Å². The summed E-state index contributed by atoms with van der Waals surface area (Å²) in [6, 6.07) is 5.62. The number of phenols is 1. The third-order valence-corrected chi connectivity index (χ3v) is 2.97. The topological polar surface area (TPSA) is 43.7 Å². The minimum atomic E-state index is -0.193. The molecule has 1 fully saturated rings. The highest BCUT2D eigenvalue weighted by Crippen LogP contribution is 2.21. The first-order valence-corrected chi connectivity index (χ1v) is 5.54. The highest BCUT2D eigenvalue weighted by atomic mass is 16.3. The zero-order valence-electron chi connectivity index (χ0n) is 9.26. The molecular weight excluding hydrogens is 202 g/mol. The lowest BCUT2D eigenvalue weighted by Gasteiger charge is -2.15. The van der Waals surface area contributed by atoms with Crippen LogP contribution >= 0.6 is 0 Å². The van der Waals surface area contributed by atoms with Gasteiger partial charge >= 0.3 is 0 Å². The molecule has 16 heavy (non-hydrogen) atoms. The summed E-state index contributed by atoms with van der Waals surface area (Å²) in [6.07, 6.45) is 2.29. The van der Waals surface area contributed by atoms with E-state index in [0.717, 1.165) is 37.2 Å². The smallest absolute Gasteiger partial charge is 0.123 e. The summed E-state index contributed by atoms with van der Waals surface area (Å²) in [4.78, 5) is 2.19. The van der Waals surface area contributed by atoms with Crippen molar-refractivity contribution in [1.29, 1.82) is 0 Å². The maximum Gasteiger partial charge on any atom is 0.123 e. The summed E-state index contributed by atoms with van der Waals surface area (Å²) in [6.45, 7) is 6.06. The van der Waals surface area contributed by atoms with Crippen LogP contribution in [0.2, 0.25) is 0 Å².